The molecule has 1 fully saturated rings. The number of carbonyl (C=O) groups is 11. The van der Waals surface area contributed by atoms with Crippen LogP contribution >= 0.6 is 11.3 Å². The Morgan fingerprint density at radius 3 is 2.13 bits per heavy atom. The minimum absolute atomic E-state index is 0.0127. The van der Waals surface area contributed by atoms with Crippen LogP contribution < -0.4 is 43.0 Å². The predicted molar refractivity (Wildman–Crippen MR) is 319 cm³/mol. The maximum Gasteiger partial charge on any atom is 0.407 e. The average Bonchev–Trinajstić information content (AvgIpc) is 4.31. The van der Waals surface area contributed by atoms with E-state index in [9.17, 15) is 57.8 Å². The van der Waals surface area contributed by atoms with E-state index in [0.717, 1.165) is 35.6 Å². The first-order chi connectivity index (χ1) is 40.2. The van der Waals surface area contributed by atoms with Crippen molar-refractivity contribution in [1.82, 2.24) is 51.6 Å². The smallest absolute Gasteiger partial charge is 0.407 e. The van der Waals surface area contributed by atoms with Gasteiger partial charge in [0.2, 0.25) is 29.5 Å². The molecule has 9 unspecified atom stereocenters. The Bertz CT molecular complexity index is 2650. The van der Waals surface area contributed by atoms with Gasteiger partial charge in [0, 0.05) is 75.3 Å². The number of nitrogens with one attached hydrogen (secondary N) is 7. The number of rotatable bonds is 34. The zero-order valence-electron chi connectivity index (χ0n) is 50.8. The Kier molecular flexibility index (Phi) is 28.4. The fourth-order valence-electron chi connectivity index (χ4n) is 10.2. The highest BCUT2D eigenvalue weighted by Gasteiger charge is 2.38. The minimum atomic E-state index is -1.12. The lowest BCUT2D eigenvalue weighted by molar-refractivity contribution is -0.142. The van der Waals surface area contributed by atoms with E-state index in [0.29, 0.717) is 43.4 Å². The number of anilines is 1. The van der Waals surface area contributed by atoms with E-state index in [1.807, 2.05) is 39.6 Å². The Morgan fingerprint density at radius 1 is 0.847 bits per heavy atom. The Hall–Kier alpha value is -7.48. The van der Waals surface area contributed by atoms with Crippen LogP contribution in [0.5, 0.6) is 0 Å². The minimum Gasteiger partial charge on any atom is -0.481 e. The molecule has 470 valence electrons. The third-order valence-corrected chi connectivity index (χ3v) is 16.5. The summed E-state index contributed by atoms with van der Waals surface area (Å²) in [5.74, 6) is -6.12. The van der Waals surface area contributed by atoms with Crippen LogP contribution in [0.1, 0.15) is 153 Å². The first-order valence-corrected chi connectivity index (χ1v) is 30.3. The van der Waals surface area contributed by atoms with E-state index in [4.69, 9.17) is 10.5 Å². The number of likely N-dealkylation sites (N-methyl/N-ethyl adjacent to an activating group) is 2. The predicted octanol–water partition coefficient (Wildman–Crippen LogP) is 4.38. The lowest BCUT2D eigenvalue weighted by Gasteiger charge is -2.38. The summed E-state index contributed by atoms with van der Waals surface area (Å²) in [6.07, 6.45) is 6.08. The van der Waals surface area contributed by atoms with E-state index in [1.54, 1.807) is 50.1 Å². The molecule has 0 bridgehead atoms. The molecule has 0 saturated carbocycles. The number of aromatic nitrogens is 1. The topological polar surface area (TPSA) is 350 Å². The highest BCUT2D eigenvalue weighted by Crippen LogP contribution is 2.31. The van der Waals surface area contributed by atoms with Crippen molar-refractivity contribution >= 4 is 82.4 Å². The van der Waals surface area contributed by atoms with Gasteiger partial charge < -0.3 is 57.7 Å². The number of carboxylic acid groups (broad SMARTS) is 1. The third-order valence-electron chi connectivity index (χ3n) is 15.6. The monoisotopic (exact) mass is 1210 g/mol. The molecule has 9 atom stereocenters. The van der Waals surface area contributed by atoms with E-state index in [1.165, 1.54) is 31.5 Å². The summed E-state index contributed by atoms with van der Waals surface area (Å²) in [5.41, 5.74) is 6.24. The van der Waals surface area contributed by atoms with E-state index >= 15 is 0 Å². The largest absolute Gasteiger partial charge is 0.481 e. The van der Waals surface area contributed by atoms with Gasteiger partial charge in [-0.3, -0.25) is 53.0 Å². The van der Waals surface area contributed by atoms with E-state index < -0.39 is 84.0 Å². The zero-order valence-corrected chi connectivity index (χ0v) is 51.6. The van der Waals surface area contributed by atoms with Crippen molar-refractivity contribution < 1.29 is 62.6 Å². The number of amides is 11. The summed E-state index contributed by atoms with van der Waals surface area (Å²) >= 11 is 1.08. The average molecular weight is 1210 g/mol. The van der Waals surface area contributed by atoms with Gasteiger partial charge in [-0.2, -0.15) is 0 Å². The lowest BCUT2D eigenvalue weighted by atomic mass is 9.92. The van der Waals surface area contributed by atoms with Crippen molar-refractivity contribution in [3.63, 3.8) is 0 Å². The second-order valence-electron chi connectivity index (χ2n) is 22.9. The zero-order chi connectivity index (χ0) is 63.1. The second kappa shape index (κ2) is 34.5. The molecule has 1 aromatic heterocycles. The molecule has 11 amide bonds. The van der Waals surface area contributed by atoms with Crippen LogP contribution in [-0.2, 0) is 49.5 Å². The van der Waals surface area contributed by atoms with Crippen molar-refractivity contribution in [1.29, 1.82) is 0 Å². The van der Waals surface area contributed by atoms with Crippen LogP contribution in [0.15, 0.2) is 41.8 Å². The molecule has 85 heavy (non-hydrogen) atoms. The molecule has 2 aliphatic heterocycles. The van der Waals surface area contributed by atoms with Gasteiger partial charge in [0.25, 0.3) is 17.7 Å². The van der Waals surface area contributed by atoms with Crippen LogP contribution in [0, 0.1) is 23.7 Å². The quantitative estimate of drug-likeness (QED) is 0.0347. The van der Waals surface area contributed by atoms with Gasteiger partial charge in [-0.25, -0.2) is 14.6 Å². The third kappa shape index (κ3) is 22.1. The molecule has 1 aromatic carbocycles. The first-order valence-electron chi connectivity index (χ1n) is 29.5. The summed E-state index contributed by atoms with van der Waals surface area (Å²) in [7, 11) is 4.99. The van der Waals surface area contributed by atoms with Gasteiger partial charge in [-0.1, -0.05) is 79.9 Å². The number of benzene rings is 1. The van der Waals surface area contributed by atoms with Gasteiger partial charge in [-0.15, -0.1) is 11.3 Å². The molecular weight excluding hydrogens is 1120 g/mol. The number of nitrogens with zero attached hydrogens (tertiary/aromatic N) is 4. The van der Waals surface area contributed by atoms with Crippen LogP contribution in [0.3, 0.4) is 0 Å². The number of hydrogen-bond donors (Lipinski definition) is 9. The number of primary amides is 1. The fourth-order valence-corrected chi connectivity index (χ4v) is 11.0. The molecule has 2 aliphatic rings. The number of thiazole rings is 1. The molecule has 1 saturated heterocycles. The van der Waals surface area contributed by atoms with E-state index in [-0.39, 0.29) is 110 Å². The molecule has 2 aromatic rings. The van der Waals surface area contributed by atoms with Gasteiger partial charge in [0.1, 0.15) is 28.8 Å². The summed E-state index contributed by atoms with van der Waals surface area (Å²) in [6, 6.07) is 1.32. The number of ether oxygens (including phenoxy) is 1. The molecule has 26 heteroatoms. The Balaban J connectivity index is 1.46. The maximum atomic E-state index is 14.4. The number of aliphatic carboxylic acids is 1. The van der Waals surface area contributed by atoms with Crippen LogP contribution in [0.2, 0.25) is 0 Å². The number of hydrogen-bond acceptors (Lipinski definition) is 15. The van der Waals surface area contributed by atoms with Crippen molar-refractivity contribution in [2.45, 2.75) is 174 Å². The number of nitrogens with two attached hydrogens (primary N) is 1. The van der Waals surface area contributed by atoms with Crippen LogP contribution in [-0.4, -0.2) is 167 Å². The SMILES string of the molecule is CCC(C)C(NC(=O)C1CCCCN1C)C(=O)N(C)C(CC(OC(=O)NC)c1nc(C(=O)NC(Cc2ccc(NC(=O)C(CCCNC(N)=O)NC(=O)C(NC(=O)CCCCCN3C(=O)C=CC3=O)C(C)C)cc2)CC(C)C(=O)O)cs1)C(C)C. The molecule has 0 radical (unpaired) electrons. The number of alkyl carbamates (subject to hydrolysis) is 1. The molecule has 0 spiro atoms. The van der Waals surface area contributed by atoms with E-state index in [2.05, 4.69) is 42.2 Å². The number of unbranched alkanes of at least 4 members (excludes halogenated alkanes) is 2. The van der Waals surface area contributed by atoms with Crippen molar-refractivity contribution in [3.8, 4) is 0 Å². The fraction of sp³-hybridized carbons (Fsp3) is 0.627. The summed E-state index contributed by atoms with van der Waals surface area (Å²) in [4.78, 5) is 152. The number of likely N-dealkylation sites (tertiary alicyclic amines) is 1. The highest BCUT2D eigenvalue weighted by atomic mass is 32.1. The molecular formula is C59H90N12O13S. The standard InChI is InChI=1S/C59H90N12O13S/c1-11-36(6)50(68-53(77)43-19-14-16-28-69(43)9)56(79)70(10)44(34(2)3)32-45(84-59(83)61-8)55-66-42(33-85-55)52(76)64-40(30-37(7)57(80)81)31-38-21-23-39(24-22-38)63-51(75)41(18-17-27-62-58(60)82)65-54(78)49(35(4)5)67-46(72)20-13-12-15-29-71-47(73)25-26-48(71)74/h21-26,33-37,40-41,43-45,49-50H,11-20,27-32H2,1-10H3,(H,61,83)(H,63,75)(H,64,76)(H,65,78)(H,67,72)(H,68,77)(H,80,81)(H3,60,62,82). The van der Waals surface area contributed by atoms with Gasteiger partial charge in [0.05, 0.1) is 12.0 Å². The Morgan fingerprint density at radius 2 is 1.53 bits per heavy atom. The number of piperidine rings is 1. The first kappa shape index (κ1) is 70.0. The number of imide groups is 1. The normalized spacial score (nSPS) is 17.1. The second-order valence-corrected chi connectivity index (χ2v) is 23.8. The summed E-state index contributed by atoms with van der Waals surface area (Å²) in [6.45, 7) is 13.9. The van der Waals surface area contributed by atoms with Crippen molar-refractivity contribution in [3.05, 3.63) is 58.1 Å². The van der Waals surface area contributed by atoms with Gasteiger partial charge >= 0.3 is 18.1 Å². The molecule has 4 rings (SSSR count). The number of urea groups is 1. The highest BCUT2D eigenvalue weighted by molar-refractivity contribution is 7.09. The summed E-state index contributed by atoms with van der Waals surface area (Å²) in [5, 5.41) is 31.0. The number of carbonyl (C=O) groups excluding carboxylic acids is 10. The molecule has 25 nitrogen and oxygen atoms in total. The molecule has 3 heterocycles. The maximum absolute atomic E-state index is 14.4. The van der Waals surface area contributed by atoms with Gasteiger partial charge in [0.15, 0.2) is 6.10 Å². The number of carboxylic acids is 1. The lowest BCUT2D eigenvalue weighted by Crippen LogP contribution is -2.58. The van der Waals surface area contributed by atoms with Gasteiger partial charge in [-0.05, 0) is 100 Å². The Labute approximate surface area is 502 Å². The van der Waals surface area contributed by atoms with Crippen molar-refractivity contribution in [2.24, 2.45) is 29.4 Å². The summed E-state index contributed by atoms with van der Waals surface area (Å²) < 4.78 is 5.86. The molecule has 0 aliphatic carbocycles. The van der Waals surface area contributed by atoms with Crippen LogP contribution in [0.4, 0.5) is 15.3 Å². The van der Waals surface area contributed by atoms with Crippen LogP contribution in [0.25, 0.3) is 0 Å². The molecule has 10 N–H and O–H groups in total. The van der Waals surface area contributed by atoms with Crippen molar-refractivity contribution in [2.75, 3.05) is 46.1 Å².